The van der Waals surface area contributed by atoms with Gasteiger partial charge in [-0.15, -0.1) is 0 Å². The van der Waals surface area contributed by atoms with Crippen LogP contribution in [-0.4, -0.2) is 72.8 Å². The Morgan fingerprint density at radius 1 is 0.932 bits per heavy atom. The average molecular weight is 616 g/mol. The Morgan fingerprint density at radius 2 is 1.52 bits per heavy atom. The second kappa shape index (κ2) is 18.3. The highest BCUT2D eigenvalue weighted by Crippen LogP contribution is 2.46. The van der Waals surface area contributed by atoms with Crippen LogP contribution in [0.25, 0.3) is 0 Å². The molecule has 6 unspecified atom stereocenters. The van der Waals surface area contributed by atoms with Crippen LogP contribution in [0.15, 0.2) is 24.3 Å². The maximum absolute atomic E-state index is 12.6. The summed E-state index contributed by atoms with van der Waals surface area (Å²) < 4.78 is 2.19. The monoisotopic (exact) mass is 616 g/mol. The number of carboxylic acids is 1. The van der Waals surface area contributed by atoms with Crippen molar-refractivity contribution in [2.75, 3.05) is 46.8 Å². The first-order valence-corrected chi connectivity index (χ1v) is 18.1. The zero-order valence-corrected chi connectivity index (χ0v) is 29.8. The third-order valence-corrected chi connectivity index (χ3v) is 11.0. The van der Waals surface area contributed by atoms with Crippen molar-refractivity contribution >= 4 is 11.9 Å². The van der Waals surface area contributed by atoms with Gasteiger partial charge in [-0.3, -0.25) is 9.59 Å². The number of carbonyl (C=O) groups excluding carboxylic acids is 1. The lowest BCUT2D eigenvalue weighted by Gasteiger charge is -2.41. The molecule has 1 aromatic rings. The van der Waals surface area contributed by atoms with Crippen molar-refractivity contribution in [1.29, 1.82) is 0 Å². The lowest BCUT2D eigenvalue weighted by Crippen LogP contribution is -2.52. The number of hydrogen-bond donors (Lipinski definition) is 2. The van der Waals surface area contributed by atoms with E-state index in [1.807, 2.05) is 6.92 Å². The molecule has 6 heteroatoms. The summed E-state index contributed by atoms with van der Waals surface area (Å²) in [6.07, 6.45) is 9.86. The van der Waals surface area contributed by atoms with Crippen LogP contribution in [0.3, 0.4) is 0 Å². The highest BCUT2D eigenvalue weighted by molar-refractivity contribution is 5.78. The molecule has 0 aromatic heterocycles. The number of nitrogens with two attached hydrogens (primary N) is 1. The second-order valence-electron chi connectivity index (χ2n) is 15.2. The molecule has 2 rings (SSSR count). The van der Waals surface area contributed by atoms with Crippen LogP contribution in [0, 0.1) is 29.6 Å². The van der Waals surface area contributed by atoms with Gasteiger partial charge in [0.25, 0.3) is 0 Å². The number of amides is 1. The topological polar surface area (TPSA) is 80.4 Å². The van der Waals surface area contributed by atoms with Crippen molar-refractivity contribution < 1.29 is 23.7 Å². The number of hydrogen-bond acceptors (Lipinski definition) is 2. The number of carbonyl (C=O) groups is 2. The average Bonchev–Trinajstić information content (AvgIpc) is 3.41. The Morgan fingerprint density at radius 3 is 2.00 bits per heavy atom. The van der Waals surface area contributed by atoms with Crippen LogP contribution in [0.5, 0.6) is 0 Å². The minimum absolute atomic E-state index is 0.107. The number of primary amides is 1. The molecule has 0 spiro atoms. The lowest BCUT2D eigenvalue weighted by molar-refractivity contribution is -0.931. The highest BCUT2D eigenvalue weighted by atomic mass is 16.4. The van der Waals surface area contributed by atoms with Gasteiger partial charge in [-0.25, -0.2) is 0 Å². The highest BCUT2D eigenvalue weighted by Gasteiger charge is 2.40. The Labute approximate surface area is 271 Å². The predicted molar refractivity (Wildman–Crippen MR) is 184 cm³/mol. The quantitative estimate of drug-likeness (QED) is 0.130. The Hall–Kier alpha value is -1.92. The molecule has 1 fully saturated rings. The van der Waals surface area contributed by atoms with Crippen molar-refractivity contribution in [2.24, 2.45) is 35.3 Å². The van der Waals surface area contributed by atoms with Crippen LogP contribution in [0.2, 0.25) is 0 Å². The molecule has 1 aliphatic rings. The molecule has 0 saturated heterocycles. The Balaban J connectivity index is 2.38. The fraction of sp³-hybridized carbons (Fsp3) is 0.789. The van der Waals surface area contributed by atoms with E-state index >= 15 is 0 Å². The van der Waals surface area contributed by atoms with E-state index in [0.29, 0.717) is 30.6 Å². The number of quaternary nitrogens is 2. The van der Waals surface area contributed by atoms with E-state index in [1.54, 1.807) is 0 Å². The summed E-state index contributed by atoms with van der Waals surface area (Å²) in [6.45, 7) is 20.7. The number of benzene rings is 1. The van der Waals surface area contributed by atoms with E-state index in [0.717, 1.165) is 49.7 Å². The maximum atomic E-state index is 12.6. The summed E-state index contributed by atoms with van der Waals surface area (Å²) in [6, 6.07) is 9.40. The molecule has 6 nitrogen and oxygen atoms in total. The van der Waals surface area contributed by atoms with E-state index < -0.39 is 11.9 Å². The van der Waals surface area contributed by atoms with Gasteiger partial charge in [0.2, 0.25) is 5.91 Å². The van der Waals surface area contributed by atoms with Gasteiger partial charge in [0.05, 0.1) is 52.7 Å². The van der Waals surface area contributed by atoms with Gasteiger partial charge in [0, 0.05) is 17.4 Å². The molecule has 3 N–H and O–H groups in total. The fourth-order valence-corrected chi connectivity index (χ4v) is 8.63. The molecule has 252 valence electrons. The Kier molecular flexibility index (Phi) is 15.9. The standard InChI is InChI=1S/C38H67N3O3/c1-9-21-41(22-10-2,23-11-3)27-29(6)24-34(32-19-17-30(18-20-32)28-40(7,8)13-5)25-33-15-14-16-35(33)36(38(43)44)26-31(12-4)37(39)42/h17-20,29,31,33-36H,9-16,21-28H2,1-8H3,(H-2,39,42,43,44)/p+2. The number of rotatable bonds is 22. The zero-order chi connectivity index (χ0) is 32.9. The first-order chi connectivity index (χ1) is 20.8. The first kappa shape index (κ1) is 38.3. The van der Waals surface area contributed by atoms with Crippen LogP contribution in [0.4, 0.5) is 0 Å². The summed E-state index contributed by atoms with van der Waals surface area (Å²) in [7, 11) is 4.57. The summed E-state index contributed by atoms with van der Waals surface area (Å²) in [5, 5.41) is 10.3. The molecular weight excluding hydrogens is 546 g/mol. The van der Waals surface area contributed by atoms with Crippen LogP contribution >= 0.6 is 0 Å². The summed E-state index contributed by atoms with van der Waals surface area (Å²) in [5.74, 6) is -0.547. The van der Waals surface area contributed by atoms with Crippen LogP contribution in [-0.2, 0) is 16.1 Å². The lowest BCUT2D eigenvalue weighted by atomic mass is 9.73. The van der Waals surface area contributed by atoms with Gasteiger partial charge in [-0.05, 0) is 81.6 Å². The second-order valence-corrected chi connectivity index (χ2v) is 15.2. The number of aliphatic carboxylic acids is 1. The minimum atomic E-state index is -0.756. The molecule has 1 aromatic carbocycles. The zero-order valence-electron chi connectivity index (χ0n) is 29.8. The fourth-order valence-electron chi connectivity index (χ4n) is 8.63. The van der Waals surface area contributed by atoms with E-state index in [4.69, 9.17) is 5.73 Å². The van der Waals surface area contributed by atoms with Crippen LogP contribution in [0.1, 0.15) is 123 Å². The molecule has 1 amide bonds. The molecule has 6 atom stereocenters. The summed E-state index contributed by atoms with van der Waals surface area (Å²) >= 11 is 0. The van der Waals surface area contributed by atoms with Crippen molar-refractivity contribution in [3.05, 3.63) is 35.4 Å². The van der Waals surface area contributed by atoms with Gasteiger partial charge >= 0.3 is 5.97 Å². The first-order valence-electron chi connectivity index (χ1n) is 18.1. The van der Waals surface area contributed by atoms with Gasteiger partial charge in [-0.1, -0.05) is 71.7 Å². The van der Waals surface area contributed by atoms with Crippen molar-refractivity contribution in [3.8, 4) is 0 Å². The van der Waals surface area contributed by atoms with E-state index in [-0.39, 0.29) is 17.7 Å². The summed E-state index contributed by atoms with van der Waals surface area (Å²) in [4.78, 5) is 24.7. The van der Waals surface area contributed by atoms with Crippen molar-refractivity contribution in [2.45, 2.75) is 118 Å². The predicted octanol–water partition coefficient (Wildman–Crippen LogP) is 7.85. The van der Waals surface area contributed by atoms with Gasteiger partial charge in [0.1, 0.15) is 6.54 Å². The number of carboxylic acid groups (broad SMARTS) is 1. The number of nitrogens with zero attached hydrogens (tertiary/aromatic N) is 2. The van der Waals surface area contributed by atoms with Crippen LogP contribution < -0.4 is 5.73 Å². The molecule has 0 heterocycles. The molecule has 0 bridgehead atoms. The minimum Gasteiger partial charge on any atom is -0.481 e. The molecule has 44 heavy (non-hydrogen) atoms. The normalized spacial score (nSPS) is 20.3. The molecular formula is C38H69N3O3+2. The third-order valence-electron chi connectivity index (χ3n) is 11.0. The molecule has 1 aliphatic carbocycles. The molecule has 1 saturated carbocycles. The molecule has 0 radical (unpaired) electrons. The van der Waals surface area contributed by atoms with E-state index in [9.17, 15) is 14.7 Å². The largest absolute Gasteiger partial charge is 0.481 e. The molecule has 0 aliphatic heterocycles. The maximum Gasteiger partial charge on any atom is 0.306 e. The third kappa shape index (κ3) is 11.5. The van der Waals surface area contributed by atoms with Gasteiger partial charge in [-0.2, -0.15) is 0 Å². The SMILES string of the molecule is CCC[N+](CCC)(CCC)CC(C)CC(CC1CCCC1C(CC(CC)C(N)=O)C(=O)O)c1ccc(C[N+](C)(C)CC)cc1. The summed E-state index contributed by atoms with van der Waals surface area (Å²) in [5.41, 5.74) is 8.46. The van der Waals surface area contributed by atoms with E-state index in [1.165, 1.54) is 61.1 Å². The Bertz CT molecular complexity index is 975. The van der Waals surface area contributed by atoms with Gasteiger partial charge in [0.15, 0.2) is 0 Å². The van der Waals surface area contributed by atoms with Crippen molar-refractivity contribution in [1.82, 2.24) is 0 Å². The van der Waals surface area contributed by atoms with E-state index in [2.05, 4.69) is 73.0 Å². The van der Waals surface area contributed by atoms with Crippen molar-refractivity contribution in [3.63, 3.8) is 0 Å². The smallest absolute Gasteiger partial charge is 0.306 e. The van der Waals surface area contributed by atoms with Gasteiger partial charge < -0.3 is 19.8 Å².